The molecule has 1 aromatic heterocycles. The molecule has 1 saturated heterocycles. The Kier molecular flexibility index (Phi) is 8.05. The number of amides is 2. The molecule has 2 aliphatic heterocycles. The number of aromatic hydroxyl groups is 1. The summed E-state index contributed by atoms with van der Waals surface area (Å²) in [6.07, 6.45) is 3.36. The fourth-order valence-corrected chi connectivity index (χ4v) is 6.54. The number of anilines is 1. The zero-order valence-electron chi connectivity index (χ0n) is 25.7. The highest BCUT2D eigenvalue weighted by Crippen LogP contribution is 2.47. The lowest BCUT2D eigenvalue weighted by Crippen LogP contribution is -2.48. The van der Waals surface area contributed by atoms with E-state index in [0.29, 0.717) is 42.2 Å². The second-order valence-corrected chi connectivity index (χ2v) is 11.6. The maximum Gasteiger partial charge on any atom is 0.359 e. The number of nitrogens with zero attached hydrogens (tertiary/aromatic N) is 4. The number of aromatic nitrogens is 2. The van der Waals surface area contributed by atoms with Crippen molar-refractivity contribution in [1.29, 1.82) is 0 Å². The van der Waals surface area contributed by atoms with Crippen LogP contribution in [0.1, 0.15) is 57.3 Å². The van der Waals surface area contributed by atoms with Crippen LogP contribution < -0.4 is 9.64 Å². The number of fused-ring (bicyclic) bond motifs is 2. The minimum absolute atomic E-state index is 0.000683. The number of methoxy groups -OCH3 is 1. The van der Waals surface area contributed by atoms with Crippen LogP contribution in [0.2, 0.25) is 0 Å². The molecule has 0 unspecified atom stereocenters. The second kappa shape index (κ2) is 12.1. The molecular formula is C35H36N4O6. The van der Waals surface area contributed by atoms with E-state index in [1.54, 1.807) is 49.0 Å². The van der Waals surface area contributed by atoms with Crippen molar-refractivity contribution >= 4 is 23.5 Å². The van der Waals surface area contributed by atoms with Gasteiger partial charge in [-0.1, -0.05) is 36.4 Å². The van der Waals surface area contributed by atoms with Crippen LogP contribution in [0.25, 0.3) is 5.69 Å². The molecule has 4 aromatic rings. The van der Waals surface area contributed by atoms with E-state index in [1.807, 2.05) is 46.2 Å². The lowest BCUT2D eigenvalue weighted by Gasteiger charge is -2.40. The number of rotatable bonds is 7. The van der Waals surface area contributed by atoms with Crippen molar-refractivity contribution in [3.63, 3.8) is 0 Å². The van der Waals surface area contributed by atoms with Gasteiger partial charge in [-0.25, -0.2) is 9.48 Å². The zero-order valence-corrected chi connectivity index (χ0v) is 25.7. The summed E-state index contributed by atoms with van der Waals surface area (Å²) in [6, 6.07) is 20.3. The average Bonchev–Trinajstić information content (AvgIpc) is 3.59. The fourth-order valence-electron chi connectivity index (χ4n) is 6.54. The number of esters is 1. The number of carbonyl (C=O) groups is 3. The summed E-state index contributed by atoms with van der Waals surface area (Å²) in [6.45, 7) is 5.41. The number of phenolic OH excluding ortho intramolecular Hbond substituents is 1. The van der Waals surface area contributed by atoms with Gasteiger partial charge in [-0.3, -0.25) is 9.59 Å². The first-order valence-electron chi connectivity index (χ1n) is 15.1. The highest BCUT2D eigenvalue weighted by atomic mass is 16.5. The van der Waals surface area contributed by atoms with E-state index in [2.05, 4.69) is 11.2 Å². The van der Waals surface area contributed by atoms with Crippen LogP contribution >= 0.6 is 0 Å². The van der Waals surface area contributed by atoms with Crippen LogP contribution in [-0.4, -0.2) is 70.9 Å². The minimum Gasteiger partial charge on any atom is -0.504 e. The topological polar surface area (TPSA) is 114 Å². The summed E-state index contributed by atoms with van der Waals surface area (Å²) in [7, 11) is 1.49. The molecule has 2 aliphatic rings. The van der Waals surface area contributed by atoms with E-state index in [9.17, 15) is 19.5 Å². The van der Waals surface area contributed by atoms with Crippen molar-refractivity contribution in [2.75, 3.05) is 38.3 Å². The van der Waals surface area contributed by atoms with Gasteiger partial charge < -0.3 is 24.4 Å². The van der Waals surface area contributed by atoms with Crippen molar-refractivity contribution in [3.05, 3.63) is 101 Å². The Labute approximate surface area is 261 Å². The molecule has 6 rings (SSSR count). The number of piperidine rings is 1. The monoisotopic (exact) mass is 608 g/mol. The molecule has 3 heterocycles. The molecule has 10 nitrogen and oxygen atoms in total. The molecule has 10 heteroatoms. The van der Waals surface area contributed by atoms with Gasteiger partial charge in [0.1, 0.15) is 0 Å². The molecule has 0 aliphatic carbocycles. The van der Waals surface area contributed by atoms with Gasteiger partial charge >= 0.3 is 5.97 Å². The van der Waals surface area contributed by atoms with Gasteiger partial charge in [0.2, 0.25) is 5.91 Å². The molecule has 45 heavy (non-hydrogen) atoms. The first-order valence-corrected chi connectivity index (χ1v) is 15.1. The van der Waals surface area contributed by atoms with Crippen LogP contribution in [0.4, 0.5) is 5.69 Å². The van der Waals surface area contributed by atoms with E-state index < -0.39 is 5.97 Å². The molecule has 1 spiro atoms. The summed E-state index contributed by atoms with van der Waals surface area (Å²) in [5.41, 5.74) is 4.35. The Morgan fingerprint density at radius 3 is 2.40 bits per heavy atom. The largest absolute Gasteiger partial charge is 0.504 e. The van der Waals surface area contributed by atoms with E-state index in [-0.39, 0.29) is 41.7 Å². The first kappa shape index (κ1) is 29.9. The molecule has 232 valence electrons. The summed E-state index contributed by atoms with van der Waals surface area (Å²) in [5, 5.41) is 14.6. The van der Waals surface area contributed by atoms with Gasteiger partial charge in [0, 0.05) is 42.5 Å². The number of benzene rings is 3. The second-order valence-electron chi connectivity index (χ2n) is 11.6. The normalized spacial score (nSPS) is 15.2. The Balaban J connectivity index is 1.22. The van der Waals surface area contributed by atoms with Gasteiger partial charge in [-0.2, -0.15) is 5.10 Å². The Morgan fingerprint density at radius 1 is 0.978 bits per heavy atom. The van der Waals surface area contributed by atoms with Gasteiger partial charge in [0.25, 0.3) is 5.91 Å². The molecule has 3 aromatic carbocycles. The maximum atomic E-state index is 14.3. The Morgan fingerprint density at radius 2 is 1.69 bits per heavy atom. The first-order chi connectivity index (χ1) is 21.7. The predicted octanol–water partition coefficient (Wildman–Crippen LogP) is 4.83. The third-order valence-electron chi connectivity index (χ3n) is 8.89. The molecule has 0 radical (unpaired) electrons. The maximum absolute atomic E-state index is 14.3. The lowest BCUT2D eigenvalue weighted by atomic mass is 9.74. The van der Waals surface area contributed by atoms with Gasteiger partial charge in [0.05, 0.1) is 31.4 Å². The van der Waals surface area contributed by atoms with E-state index in [4.69, 9.17) is 9.47 Å². The number of aryl methyl sites for hydroxylation is 1. The van der Waals surface area contributed by atoms with Crippen molar-refractivity contribution in [2.45, 2.75) is 38.5 Å². The van der Waals surface area contributed by atoms with E-state index in [1.165, 1.54) is 7.11 Å². The SMILES string of the molecule is CCOC(=O)c1nn(-c2ccccc2C(=O)N2CC3(CCN(C(=O)Cc4ccc(OC)c(O)c4)CC3)c3ccccc32)cc1C. The summed E-state index contributed by atoms with van der Waals surface area (Å²) < 4.78 is 11.8. The molecule has 1 N–H and O–H groups in total. The zero-order chi connectivity index (χ0) is 31.7. The van der Waals surface area contributed by atoms with Crippen molar-refractivity contribution in [2.24, 2.45) is 0 Å². The van der Waals surface area contributed by atoms with Gasteiger partial charge in [-0.15, -0.1) is 0 Å². The molecule has 0 atom stereocenters. The lowest BCUT2D eigenvalue weighted by molar-refractivity contribution is -0.132. The van der Waals surface area contributed by atoms with E-state index >= 15 is 0 Å². The number of hydrogen-bond donors (Lipinski definition) is 1. The third kappa shape index (κ3) is 5.52. The smallest absolute Gasteiger partial charge is 0.359 e. The van der Waals surface area contributed by atoms with Crippen LogP contribution in [0.5, 0.6) is 11.5 Å². The van der Waals surface area contributed by atoms with E-state index in [0.717, 1.165) is 29.7 Å². The third-order valence-corrected chi connectivity index (χ3v) is 8.89. The summed E-state index contributed by atoms with van der Waals surface area (Å²) >= 11 is 0. The number of phenols is 1. The molecule has 2 amide bonds. The highest BCUT2D eigenvalue weighted by molar-refractivity contribution is 6.10. The Hall–Kier alpha value is -5.12. The average molecular weight is 609 g/mol. The van der Waals surface area contributed by atoms with Crippen molar-refractivity contribution in [1.82, 2.24) is 14.7 Å². The molecule has 1 fully saturated rings. The minimum atomic E-state index is -0.500. The van der Waals surface area contributed by atoms with Crippen molar-refractivity contribution in [3.8, 4) is 17.2 Å². The van der Waals surface area contributed by atoms with Crippen LogP contribution in [0.3, 0.4) is 0 Å². The van der Waals surface area contributed by atoms with Crippen LogP contribution in [0.15, 0.2) is 72.9 Å². The molecule has 0 saturated carbocycles. The molecular weight excluding hydrogens is 572 g/mol. The summed E-state index contributed by atoms with van der Waals surface area (Å²) in [5.74, 6) is -0.275. The van der Waals surface area contributed by atoms with Crippen LogP contribution in [-0.2, 0) is 21.4 Å². The van der Waals surface area contributed by atoms with Crippen LogP contribution in [0, 0.1) is 6.92 Å². The molecule has 0 bridgehead atoms. The number of carbonyl (C=O) groups excluding carboxylic acids is 3. The Bertz CT molecular complexity index is 1770. The van der Waals surface area contributed by atoms with Gasteiger partial charge in [-0.05, 0) is 68.1 Å². The number of para-hydroxylation sites is 2. The quantitative estimate of drug-likeness (QED) is 0.299. The van der Waals surface area contributed by atoms with Gasteiger partial charge in [0.15, 0.2) is 17.2 Å². The number of ether oxygens (including phenoxy) is 2. The fraction of sp³-hybridized carbons (Fsp3) is 0.314. The standard InChI is InChI=1S/C35H36N4O6/c1-4-45-34(43)32-23(2)21-39(36-32)27-11-7-5-9-25(27)33(42)38-22-35(26-10-6-8-12-28(26)38)15-17-37(18-16-35)31(41)20-24-13-14-30(44-3)29(40)19-24/h5-14,19,21,40H,4,15-18,20,22H2,1-3H3. The summed E-state index contributed by atoms with van der Waals surface area (Å²) in [4.78, 5) is 43.7. The predicted molar refractivity (Wildman–Crippen MR) is 168 cm³/mol. The van der Waals surface area contributed by atoms with Crippen molar-refractivity contribution < 1.29 is 29.0 Å². The highest BCUT2D eigenvalue weighted by Gasteiger charge is 2.47. The number of likely N-dealkylation sites (tertiary alicyclic amines) is 1. The number of hydrogen-bond acceptors (Lipinski definition) is 7.